The Balaban J connectivity index is 1.54. The number of fused-ring (bicyclic) bond motifs is 2. The third kappa shape index (κ3) is 2.76. The Bertz CT molecular complexity index is 726. The van der Waals surface area contributed by atoms with Crippen LogP contribution in [-0.2, 0) is 4.79 Å². The van der Waals surface area contributed by atoms with Gasteiger partial charge in [-0.3, -0.25) is 9.78 Å². The van der Waals surface area contributed by atoms with Crippen molar-refractivity contribution in [2.75, 3.05) is 5.32 Å². The van der Waals surface area contributed by atoms with Crippen molar-refractivity contribution in [2.24, 2.45) is 17.8 Å². The SMILES string of the molecule is Cc1ccc(NC(=O)[C@H]2C[C@@H]3CC[C@H]2C3)cc1-c1ccccn1. The molecule has 1 aromatic heterocycles. The van der Waals surface area contributed by atoms with Gasteiger partial charge >= 0.3 is 0 Å². The van der Waals surface area contributed by atoms with Crippen LogP contribution in [0.1, 0.15) is 31.2 Å². The van der Waals surface area contributed by atoms with Gasteiger partial charge in [-0.1, -0.05) is 18.6 Å². The van der Waals surface area contributed by atoms with Crippen molar-refractivity contribution in [3.63, 3.8) is 0 Å². The van der Waals surface area contributed by atoms with Gasteiger partial charge in [-0.15, -0.1) is 0 Å². The van der Waals surface area contributed by atoms with Crippen LogP contribution in [0.15, 0.2) is 42.6 Å². The van der Waals surface area contributed by atoms with Gasteiger partial charge in [0.1, 0.15) is 0 Å². The summed E-state index contributed by atoms with van der Waals surface area (Å²) in [5, 5.41) is 3.14. The van der Waals surface area contributed by atoms with Gasteiger partial charge < -0.3 is 5.32 Å². The van der Waals surface area contributed by atoms with Gasteiger partial charge in [-0.05, 0) is 67.9 Å². The van der Waals surface area contributed by atoms with E-state index in [0.29, 0.717) is 5.92 Å². The van der Waals surface area contributed by atoms with Gasteiger partial charge in [-0.25, -0.2) is 0 Å². The molecule has 0 unspecified atom stereocenters. The third-order valence-corrected chi connectivity index (χ3v) is 5.52. The number of aromatic nitrogens is 1. The van der Waals surface area contributed by atoms with Crippen LogP contribution < -0.4 is 5.32 Å². The minimum atomic E-state index is 0.202. The molecule has 1 heterocycles. The molecule has 2 aliphatic carbocycles. The predicted octanol–water partition coefficient (Wildman–Crippen LogP) is 4.43. The van der Waals surface area contributed by atoms with Gasteiger partial charge in [0.25, 0.3) is 0 Å². The molecule has 0 radical (unpaired) electrons. The summed E-state index contributed by atoms with van der Waals surface area (Å²) in [6, 6.07) is 12.0. The van der Waals surface area contributed by atoms with Crippen LogP contribution in [0.2, 0.25) is 0 Å². The molecule has 2 fully saturated rings. The standard InChI is InChI=1S/C20H22N2O/c1-13-5-8-16(12-17(13)19-4-2-3-9-21-19)22-20(23)18-11-14-6-7-15(18)10-14/h2-5,8-9,12,14-15,18H,6-7,10-11H2,1H3,(H,22,23)/t14-,15+,18+/m1/s1. The van der Waals surface area contributed by atoms with Gasteiger partial charge in [0.05, 0.1) is 5.69 Å². The summed E-state index contributed by atoms with van der Waals surface area (Å²) in [7, 11) is 0. The molecule has 2 bridgehead atoms. The molecule has 118 valence electrons. The van der Waals surface area contributed by atoms with E-state index in [1.807, 2.05) is 30.3 Å². The number of carbonyl (C=O) groups is 1. The first-order valence-corrected chi connectivity index (χ1v) is 8.53. The number of hydrogen-bond donors (Lipinski definition) is 1. The molecule has 2 saturated carbocycles. The molecule has 1 aromatic carbocycles. The summed E-state index contributed by atoms with van der Waals surface area (Å²) < 4.78 is 0. The smallest absolute Gasteiger partial charge is 0.227 e. The minimum Gasteiger partial charge on any atom is -0.326 e. The van der Waals surface area contributed by atoms with Crippen molar-refractivity contribution in [1.29, 1.82) is 0 Å². The van der Waals surface area contributed by atoms with Crippen molar-refractivity contribution < 1.29 is 4.79 Å². The average molecular weight is 306 g/mol. The van der Waals surface area contributed by atoms with Crippen molar-refractivity contribution in [1.82, 2.24) is 4.98 Å². The summed E-state index contributed by atoms with van der Waals surface area (Å²) in [5.74, 6) is 1.82. The number of pyridine rings is 1. The number of aryl methyl sites for hydroxylation is 1. The summed E-state index contributed by atoms with van der Waals surface area (Å²) in [4.78, 5) is 17.0. The maximum atomic E-state index is 12.6. The highest BCUT2D eigenvalue weighted by molar-refractivity contribution is 5.93. The quantitative estimate of drug-likeness (QED) is 0.911. The van der Waals surface area contributed by atoms with E-state index in [-0.39, 0.29) is 11.8 Å². The van der Waals surface area contributed by atoms with Crippen LogP contribution in [-0.4, -0.2) is 10.9 Å². The normalized spacial score (nSPS) is 25.5. The molecule has 1 N–H and O–H groups in total. The molecule has 0 saturated heterocycles. The fourth-order valence-corrected chi connectivity index (χ4v) is 4.30. The van der Waals surface area contributed by atoms with Crippen molar-refractivity contribution in [3.05, 3.63) is 48.2 Å². The van der Waals surface area contributed by atoms with E-state index in [1.165, 1.54) is 24.8 Å². The van der Waals surface area contributed by atoms with Crippen molar-refractivity contribution in [2.45, 2.75) is 32.6 Å². The fraction of sp³-hybridized carbons (Fsp3) is 0.400. The van der Waals surface area contributed by atoms with Gasteiger partial charge in [0.2, 0.25) is 5.91 Å². The van der Waals surface area contributed by atoms with E-state index in [2.05, 4.69) is 23.3 Å². The molecule has 1 amide bonds. The number of benzene rings is 1. The lowest BCUT2D eigenvalue weighted by Gasteiger charge is -2.21. The van der Waals surface area contributed by atoms with E-state index >= 15 is 0 Å². The van der Waals surface area contributed by atoms with Crippen LogP contribution in [0.3, 0.4) is 0 Å². The number of carbonyl (C=O) groups excluding carboxylic acids is 1. The zero-order valence-corrected chi connectivity index (χ0v) is 13.5. The lowest BCUT2D eigenvalue weighted by Crippen LogP contribution is -2.27. The number of nitrogens with zero attached hydrogens (tertiary/aromatic N) is 1. The van der Waals surface area contributed by atoms with Crippen LogP contribution in [0.5, 0.6) is 0 Å². The molecule has 2 aliphatic rings. The molecule has 3 atom stereocenters. The molecule has 23 heavy (non-hydrogen) atoms. The lowest BCUT2D eigenvalue weighted by atomic mass is 9.88. The first-order valence-electron chi connectivity index (χ1n) is 8.53. The number of rotatable bonds is 3. The van der Waals surface area contributed by atoms with Gasteiger partial charge in [0, 0.05) is 23.4 Å². The van der Waals surface area contributed by atoms with E-state index in [9.17, 15) is 4.79 Å². The maximum absolute atomic E-state index is 12.6. The summed E-state index contributed by atoms with van der Waals surface area (Å²) in [6.07, 6.45) is 6.69. The first kappa shape index (κ1) is 14.4. The van der Waals surface area contributed by atoms with Crippen LogP contribution in [0.4, 0.5) is 5.69 Å². The zero-order valence-electron chi connectivity index (χ0n) is 13.5. The Kier molecular flexibility index (Phi) is 3.64. The predicted molar refractivity (Wildman–Crippen MR) is 92.0 cm³/mol. The molecular weight excluding hydrogens is 284 g/mol. The highest BCUT2D eigenvalue weighted by Gasteiger charge is 2.42. The molecule has 2 aromatic rings. The van der Waals surface area contributed by atoms with Crippen LogP contribution in [0, 0.1) is 24.7 Å². The zero-order chi connectivity index (χ0) is 15.8. The highest BCUT2D eigenvalue weighted by Crippen LogP contribution is 2.48. The number of nitrogens with one attached hydrogen (secondary N) is 1. The minimum absolute atomic E-state index is 0.202. The monoisotopic (exact) mass is 306 g/mol. The Morgan fingerprint density at radius 2 is 2.09 bits per heavy atom. The summed E-state index contributed by atoms with van der Waals surface area (Å²) in [6.45, 7) is 2.07. The Morgan fingerprint density at radius 1 is 1.17 bits per heavy atom. The van der Waals surface area contributed by atoms with Crippen LogP contribution in [0.25, 0.3) is 11.3 Å². The van der Waals surface area contributed by atoms with Gasteiger partial charge in [0.15, 0.2) is 0 Å². The van der Waals surface area contributed by atoms with Crippen molar-refractivity contribution >= 4 is 11.6 Å². The number of amides is 1. The molecule has 4 rings (SSSR count). The van der Waals surface area contributed by atoms with E-state index < -0.39 is 0 Å². The van der Waals surface area contributed by atoms with Crippen molar-refractivity contribution in [3.8, 4) is 11.3 Å². The van der Waals surface area contributed by atoms with E-state index in [1.54, 1.807) is 6.20 Å². The Labute approximate surface area is 137 Å². The third-order valence-electron chi connectivity index (χ3n) is 5.52. The highest BCUT2D eigenvalue weighted by atomic mass is 16.1. The second-order valence-corrected chi connectivity index (χ2v) is 7.02. The lowest BCUT2D eigenvalue weighted by molar-refractivity contribution is -0.121. The van der Waals surface area contributed by atoms with E-state index in [0.717, 1.165) is 29.3 Å². The maximum Gasteiger partial charge on any atom is 0.227 e. The van der Waals surface area contributed by atoms with E-state index in [4.69, 9.17) is 0 Å². The fourth-order valence-electron chi connectivity index (χ4n) is 4.30. The second kappa shape index (κ2) is 5.80. The topological polar surface area (TPSA) is 42.0 Å². The molecule has 3 heteroatoms. The number of anilines is 1. The van der Waals surface area contributed by atoms with Crippen LogP contribution >= 0.6 is 0 Å². The molecular formula is C20H22N2O. The molecule has 0 spiro atoms. The molecule has 0 aliphatic heterocycles. The Hall–Kier alpha value is -2.16. The largest absolute Gasteiger partial charge is 0.326 e. The first-order chi connectivity index (χ1) is 11.2. The second-order valence-electron chi connectivity index (χ2n) is 7.02. The Morgan fingerprint density at radius 3 is 2.78 bits per heavy atom. The average Bonchev–Trinajstić information content (AvgIpc) is 3.20. The molecule has 3 nitrogen and oxygen atoms in total. The summed E-state index contributed by atoms with van der Waals surface area (Å²) >= 11 is 0. The van der Waals surface area contributed by atoms with Gasteiger partial charge in [-0.2, -0.15) is 0 Å². The number of hydrogen-bond acceptors (Lipinski definition) is 2. The summed E-state index contributed by atoms with van der Waals surface area (Å²) in [5.41, 5.74) is 4.07.